The number of ether oxygens (including phenoxy) is 3. The number of hydrogen-bond donors (Lipinski definition) is 1. The van der Waals surface area contributed by atoms with E-state index in [1.807, 2.05) is 0 Å². The molecule has 2 aromatic carbocycles. The Labute approximate surface area is 193 Å². The molecule has 0 aliphatic heterocycles. The Kier molecular flexibility index (Phi) is 7.73. The molecule has 0 atom stereocenters. The molecule has 174 valence electrons. The number of nitrogens with one attached hydrogen (secondary N) is 1. The van der Waals surface area contributed by atoms with Gasteiger partial charge in [0.1, 0.15) is 12.3 Å². The van der Waals surface area contributed by atoms with Crippen LogP contribution >= 0.6 is 11.6 Å². The third kappa shape index (κ3) is 5.21. The topological polar surface area (TPSA) is 94.2 Å². The van der Waals surface area contributed by atoms with Crippen molar-refractivity contribution in [2.75, 3.05) is 32.2 Å². The zero-order chi connectivity index (χ0) is 23.3. The average Bonchev–Trinajstić information content (AvgIpc) is 3.29. The zero-order valence-electron chi connectivity index (χ0n) is 18.3. The molecule has 1 amide bonds. The fraction of sp³-hybridized carbons (Fsp3) is 0.409. The van der Waals surface area contributed by atoms with Crippen molar-refractivity contribution in [2.24, 2.45) is 0 Å². The van der Waals surface area contributed by atoms with Gasteiger partial charge in [-0.25, -0.2) is 8.42 Å². The summed E-state index contributed by atoms with van der Waals surface area (Å²) < 4.78 is 44.2. The van der Waals surface area contributed by atoms with Gasteiger partial charge in [0.15, 0.2) is 11.5 Å². The first-order valence-electron chi connectivity index (χ1n) is 10.2. The number of nitrogens with zero attached hydrogens (tertiary/aromatic N) is 1. The quantitative estimate of drug-likeness (QED) is 0.586. The maximum Gasteiger partial charge on any atom is 0.265 e. The van der Waals surface area contributed by atoms with Crippen LogP contribution in [0.15, 0.2) is 41.3 Å². The van der Waals surface area contributed by atoms with Gasteiger partial charge < -0.3 is 19.5 Å². The molecule has 0 bridgehead atoms. The molecule has 2 aromatic rings. The number of anilines is 1. The lowest BCUT2D eigenvalue weighted by atomic mass is 10.2. The Bertz CT molecular complexity index is 1070. The third-order valence-corrected chi connectivity index (χ3v) is 7.35. The van der Waals surface area contributed by atoms with Crippen molar-refractivity contribution in [2.45, 2.75) is 36.6 Å². The maximum absolute atomic E-state index is 13.7. The fourth-order valence-corrected chi connectivity index (χ4v) is 5.34. The standard InChI is InChI=1S/C22H27ClN2O6S/c1-29-19-10-8-15(23)12-18(19)25(14-22(26)24-16-6-4-5-7-16)32(27,28)17-9-11-20(30-2)21(13-17)31-3/h8-13,16H,4-7,14H2,1-3H3,(H,24,26). The van der Waals surface area contributed by atoms with Crippen LogP contribution in [0.5, 0.6) is 17.2 Å². The van der Waals surface area contributed by atoms with Gasteiger partial charge in [0.05, 0.1) is 31.9 Å². The van der Waals surface area contributed by atoms with Crippen molar-refractivity contribution in [3.63, 3.8) is 0 Å². The number of carbonyl (C=O) groups is 1. The number of sulfonamides is 1. The second kappa shape index (κ2) is 10.3. The fourth-order valence-electron chi connectivity index (χ4n) is 3.74. The van der Waals surface area contributed by atoms with Crippen LogP contribution in [0.2, 0.25) is 5.02 Å². The minimum Gasteiger partial charge on any atom is -0.495 e. The summed E-state index contributed by atoms with van der Waals surface area (Å²) in [6.07, 6.45) is 3.85. The second-order valence-electron chi connectivity index (χ2n) is 7.39. The molecule has 1 aliphatic rings. The first-order chi connectivity index (χ1) is 15.3. The van der Waals surface area contributed by atoms with E-state index < -0.39 is 22.5 Å². The van der Waals surface area contributed by atoms with Gasteiger partial charge in [0, 0.05) is 17.1 Å². The van der Waals surface area contributed by atoms with Crippen LogP contribution in [0, 0.1) is 0 Å². The Morgan fingerprint density at radius 3 is 2.25 bits per heavy atom. The molecule has 0 heterocycles. The van der Waals surface area contributed by atoms with Gasteiger partial charge in [-0.1, -0.05) is 24.4 Å². The molecule has 1 fully saturated rings. The molecule has 3 rings (SSSR count). The SMILES string of the molecule is COc1ccc(S(=O)(=O)N(CC(=O)NC2CCCC2)c2cc(Cl)ccc2OC)cc1OC. The number of rotatable bonds is 9. The maximum atomic E-state index is 13.7. The molecule has 32 heavy (non-hydrogen) atoms. The van der Waals surface area contributed by atoms with Crippen molar-refractivity contribution in [3.05, 3.63) is 41.4 Å². The van der Waals surface area contributed by atoms with Crippen LogP contribution in [0.1, 0.15) is 25.7 Å². The predicted molar refractivity (Wildman–Crippen MR) is 122 cm³/mol. The van der Waals surface area contributed by atoms with E-state index in [2.05, 4.69) is 5.32 Å². The first-order valence-corrected chi connectivity index (χ1v) is 12.0. The minimum absolute atomic E-state index is 0.0504. The number of halogens is 1. The minimum atomic E-state index is -4.19. The van der Waals surface area contributed by atoms with Gasteiger partial charge in [0.2, 0.25) is 5.91 Å². The van der Waals surface area contributed by atoms with E-state index in [4.69, 9.17) is 25.8 Å². The largest absolute Gasteiger partial charge is 0.495 e. The highest BCUT2D eigenvalue weighted by atomic mass is 35.5. The molecule has 0 spiro atoms. The molecule has 1 saturated carbocycles. The Morgan fingerprint density at radius 1 is 1.00 bits per heavy atom. The van der Waals surface area contributed by atoms with Crippen LogP contribution in [0.3, 0.4) is 0 Å². The van der Waals surface area contributed by atoms with E-state index in [1.165, 1.54) is 45.6 Å². The molecule has 10 heteroatoms. The molecular formula is C22H27ClN2O6S. The molecule has 0 radical (unpaired) electrons. The average molecular weight is 483 g/mol. The van der Waals surface area contributed by atoms with Crippen LogP contribution in [-0.4, -0.2) is 48.2 Å². The molecule has 0 aromatic heterocycles. The smallest absolute Gasteiger partial charge is 0.265 e. The van der Waals surface area contributed by atoms with Crippen molar-refractivity contribution in [3.8, 4) is 17.2 Å². The molecule has 0 saturated heterocycles. The molecular weight excluding hydrogens is 456 g/mol. The van der Waals surface area contributed by atoms with Gasteiger partial charge in [-0.2, -0.15) is 0 Å². The lowest BCUT2D eigenvalue weighted by molar-refractivity contribution is -0.120. The van der Waals surface area contributed by atoms with Crippen molar-refractivity contribution >= 4 is 33.2 Å². The van der Waals surface area contributed by atoms with Gasteiger partial charge >= 0.3 is 0 Å². The lowest BCUT2D eigenvalue weighted by Crippen LogP contribution is -2.43. The summed E-state index contributed by atoms with van der Waals surface area (Å²) in [5.41, 5.74) is 0.163. The molecule has 1 N–H and O–H groups in total. The summed E-state index contributed by atoms with van der Waals surface area (Å²) in [5.74, 6) is 0.509. The van der Waals surface area contributed by atoms with Gasteiger partial charge in [0.25, 0.3) is 10.0 Å². The molecule has 8 nitrogen and oxygen atoms in total. The van der Waals surface area contributed by atoms with E-state index in [-0.39, 0.29) is 28.1 Å². The highest BCUT2D eigenvalue weighted by Gasteiger charge is 2.31. The van der Waals surface area contributed by atoms with Gasteiger partial charge in [-0.15, -0.1) is 0 Å². The van der Waals surface area contributed by atoms with E-state index in [0.717, 1.165) is 30.0 Å². The number of methoxy groups -OCH3 is 3. The first kappa shape index (κ1) is 24.0. The van der Waals surface area contributed by atoms with Crippen LogP contribution in [-0.2, 0) is 14.8 Å². The van der Waals surface area contributed by atoms with E-state index in [9.17, 15) is 13.2 Å². The highest BCUT2D eigenvalue weighted by molar-refractivity contribution is 7.92. The normalized spacial score (nSPS) is 14.1. The van der Waals surface area contributed by atoms with E-state index >= 15 is 0 Å². The Morgan fingerprint density at radius 2 is 1.62 bits per heavy atom. The summed E-state index contributed by atoms with van der Waals surface area (Å²) >= 11 is 6.16. The number of amides is 1. The third-order valence-electron chi connectivity index (χ3n) is 5.36. The van der Waals surface area contributed by atoms with Crippen LogP contribution < -0.4 is 23.8 Å². The summed E-state index contributed by atoms with van der Waals surface area (Å²) in [5, 5.41) is 3.24. The summed E-state index contributed by atoms with van der Waals surface area (Å²) in [7, 11) is 0.110. The zero-order valence-corrected chi connectivity index (χ0v) is 19.8. The Hall–Kier alpha value is -2.65. The summed E-state index contributed by atoms with van der Waals surface area (Å²) in [4.78, 5) is 12.8. The lowest BCUT2D eigenvalue weighted by Gasteiger charge is -2.26. The van der Waals surface area contributed by atoms with Gasteiger partial charge in [-0.3, -0.25) is 9.10 Å². The van der Waals surface area contributed by atoms with Crippen LogP contribution in [0.4, 0.5) is 5.69 Å². The monoisotopic (exact) mass is 482 g/mol. The highest BCUT2D eigenvalue weighted by Crippen LogP contribution is 2.37. The van der Waals surface area contributed by atoms with Crippen molar-refractivity contribution < 1.29 is 27.4 Å². The number of benzene rings is 2. The predicted octanol–water partition coefficient (Wildman–Crippen LogP) is 3.62. The number of carbonyl (C=O) groups excluding carboxylic acids is 1. The van der Waals surface area contributed by atoms with E-state index in [1.54, 1.807) is 12.1 Å². The summed E-state index contributed by atoms with van der Waals surface area (Å²) in [6.45, 7) is -0.427. The van der Waals surface area contributed by atoms with Crippen molar-refractivity contribution in [1.82, 2.24) is 5.32 Å². The second-order valence-corrected chi connectivity index (χ2v) is 9.69. The number of hydrogen-bond acceptors (Lipinski definition) is 6. The van der Waals surface area contributed by atoms with E-state index in [0.29, 0.717) is 10.8 Å². The Balaban J connectivity index is 2.05. The van der Waals surface area contributed by atoms with Crippen LogP contribution in [0.25, 0.3) is 0 Å². The molecule has 0 unspecified atom stereocenters. The molecule has 1 aliphatic carbocycles. The van der Waals surface area contributed by atoms with Crippen molar-refractivity contribution in [1.29, 1.82) is 0 Å². The van der Waals surface area contributed by atoms with Gasteiger partial charge in [-0.05, 0) is 43.2 Å². The summed E-state index contributed by atoms with van der Waals surface area (Å²) in [6, 6.07) is 8.91.